The maximum absolute atomic E-state index is 15.2. The number of carbonyl (C=O) groups is 1. The number of nitrogens with zero attached hydrogens (tertiary/aromatic N) is 4. The van der Waals surface area contributed by atoms with Crippen molar-refractivity contribution in [1.29, 1.82) is 0 Å². The fraction of sp³-hybridized carbons (Fsp3) is 0.414. The standard InChI is InChI=1S/C29H27F5N4O3S/c1-4-22(39)36-9-16(3)37(10-15(36)2)26-19-8-20(29(32,33)34)23(18-6-5-17(30)7-21(18)31)25-24(19)38(27(40)35-26)11-28(14-42-25)12-41-13-28/h4-8,15-16H,1,9-14H2,2-3H3/t15-,16+/m1/s1. The zero-order valence-corrected chi connectivity index (χ0v) is 23.6. The number of anilines is 1. The van der Waals surface area contributed by atoms with Crippen LogP contribution in [0.5, 0.6) is 0 Å². The number of rotatable bonds is 3. The normalized spacial score (nSPS) is 21.8. The molecule has 0 radical (unpaired) electrons. The van der Waals surface area contributed by atoms with E-state index in [-0.39, 0.29) is 53.2 Å². The summed E-state index contributed by atoms with van der Waals surface area (Å²) in [6, 6.07) is 2.63. The SMILES string of the molecule is C=CC(=O)N1C[C@H](C)N(c2nc(=O)n3c4c(c(-c5ccc(F)cc5F)c(C(F)(F)F)cc24)SCC2(COC2)C3)C[C@H]1C. The van der Waals surface area contributed by atoms with Crippen LogP contribution in [0.15, 0.2) is 46.6 Å². The van der Waals surface area contributed by atoms with Crippen molar-refractivity contribution in [3.05, 3.63) is 64.6 Å². The second-order valence-electron chi connectivity index (χ2n) is 11.3. The Kier molecular flexibility index (Phi) is 6.88. The molecule has 0 unspecified atom stereocenters. The fourth-order valence-corrected chi connectivity index (χ4v) is 7.53. The van der Waals surface area contributed by atoms with Crippen LogP contribution in [-0.2, 0) is 22.3 Å². The molecule has 2 saturated heterocycles. The van der Waals surface area contributed by atoms with Gasteiger partial charge < -0.3 is 14.5 Å². The molecular weight excluding hydrogens is 579 g/mol. The summed E-state index contributed by atoms with van der Waals surface area (Å²) in [6.45, 7) is 8.38. The topological polar surface area (TPSA) is 67.7 Å². The van der Waals surface area contributed by atoms with Gasteiger partial charge >= 0.3 is 11.9 Å². The summed E-state index contributed by atoms with van der Waals surface area (Å²) in [5.74, 6) is -1.95. The molecule has 0 saturated carbocycles. The maximum Gasteiger partial charge on any atom is 0.417 e. The first-order chi connectivity index (χ1) is 19.8. The van der Waals surface area contributed by atoms with E-state index in [1.807, 2.05) is 0 Å². The number of thioether (sulfide) groups is 1. The summed E-state index contributed by atoms with van der Waals surface area (Å²) < 4.78 is 80.3. The number of aromatic nitrogens is 2. The monoisotopic (exact) mass is 606 g/mol. The third-order valence-electron chi connectivity index (χ3n) is 8.25. The minimum atomic E-state index is -4.92. The lowest BCUT2D eigenvalue weighted by Gasteiger charge is -2.44. The minimum Gasteiger partial charge on any atom is -0.380 e. The van der Waals surface area contributed by atoms with Gasteiger partial charge in [0.1, 0.15) is 17.5 Å². The van der Waals surface area contributed by atoms with Crippen molar-refractivity contribution in [1.82, 2.24) is 14.5 Å². The highest BCUT2D eigenvalue weighted by atomic mass is 32.2. The molecule has 0 N–H and O–H groups in total. The Bertz CT molecular complexity index is 1690. The lowest BCUT2D eigenvalue weighted by atomic mass is 9.88. The van der Waals surface area contributed by atoms with Crippen LogP contribution in [0.1, 0.15) is 19.4 Å². The summed E-state index contributed by atoms with van der Waals surface area (Å²) >= 11 is 1.11. The highest BCUT2D eigenvalue weighted by Gasteiger charge is 2.45. The predicted molar refractivity (Wildman–Crippen MR) is 149 cm³/mol. The van der Waals surface area contributed by atoms with Gasteiger partial charge in [-0.2, -0.15) is 18.2 Å². The van der Waals surface area contributed by atoms with Crippen LogP contribution in [0.25, 0.3) is 22.0 Å². The number of benzene rings is 2. The van der Waals surface area contributed by atoms with Gasteiger partial charge in [0.25, 0.3) is 0 Å². The number of halogens is 5. The average Bonchev–Trinajstić information content (AvgIpc) is 3.10. The summed E-state index contributed by atoms with van der Waals surface area (Å²) in [7, 11) is 0. The van der Waals surface area contributed by atoms with Crippen LogP contribution in [0.3, 0.4) is 0 Å². The second kappa shape index (κ2) is 10.1. The molecule has 3 aliphatic heterocycles. The van der Waals surface area contributed by atoms with Gasteiger partial charge in [0.15, 0.2) is 0 Å². The van der Waals surface area contributed by atoms with E-state index in [1.165, 1.54) is 10.6 Å². The van der Waals surface area contributed by atoms with E-state index in [0.29, 0.717) is 25.0 Å². The Balaban J connectivity index is 1.66. The molecular formula is C29H27F5N4O3S. The van der Waals surface area contributed by atoms with Crippen LogP contribution in [-0.4, -0.2) is 64.5 Å². The number of alkyl halides is 3. The van der Waals surface area contributed by atoms with Crippen LogP contribution < -0.4 is 10.6 Å². The Labute approximate surface area is 241 Å². The van der Waals surface area contributed by atoms with E-state index in [4.69, 9.17) is 4.74 Å². The van der Waals surface area contributed by atoms with Crippen molar-refractivity contribution >= 4 is 34.4 Å². The molecule has 3 aromatic rings. The van der Waals surface area contributed by atoms with Gasteiger partial charge in [-0.25, -0.2) is 13.6 Å². The zero-order chi connectivity index (χ0) is 30.1. The smallest absolute Gasteiger partial charge is 0.380 e. The highest BCUT2D eigenvalue weighted by Crippen LogP contribution is 2.51. The lowest BCUT2D eigenvalue weighted by molar-refractivity contribution is -0.137. The van der Waals surface area contributed by atoms with Crippen molar-refractivity contribution in [3.8, 4) is 11.1 Å². The van der Waals surface area contributed by atoms with Crippen molar-refractivity contribution in [3.63, 3.8) is 0 Å². The lowest BCUT2D eigenvalue weighted by Crippen LogP contribution is -2.58. The number of ether oxygens (including phenoxy) is 1. The molecule has 2 aromatic carbocycles. The molecule has 4 heterocycles. The van der Waals surface area contributed by atoms with Gasteiger partial charge in [0.05, 0.1) is 24.3 Å². The number of carbonyl (C=O) groups excluding carboxylic acids is 1. The molecule has 2 atom stereocenters. The van der Waals surface area contributed by atoms with Crippen LogP contribution in [0.2, 0.25) is 0 Å². The Morgan fingerprint density at radius 2 is 1.90 bits per heavy atom. The summed E-state index contributed by atoms with van der Waals surface area (Å²) in [5, 5.41) is 0.0931. The first-order valence-electron chi connectivity index (χ1n) is 13.4. The quantitative estimate of drug-likeness (QED) is 0.306. The molecule has 0 bridgehead atoms. The molecule has 7 nitrogen and oxygen atoms in total. The number of amides is 1. The first-order valence-corrected chi connectivity index (χ1v) is 14.4. The van der Waals surface area contributed by atoms with E-state index >= 15 is 4.39 Å². The molecule has 1 spiro atoms. The third kappa shape index (κ3) is 4.57. The Hall–Kier alpha value is -3.45. The van der Waals surface area contributed by atoms with Gasteiger partial charge in [-0.05, 0) is 38.1 Å². The predicted octanol–water partition coefficient (Wildman–Crippen LogP) is 5.09. The number of piperazine rings is 1. The molecule has 0 aliphatic carbocycles. The van der Waals surface area contributed by atoms with Crippen molar-refractivity contribution in [2.24, 2.45) is 5.41 Å². The molecule has 1 aromatic heterocycles. The summed E-state index contributed by atoms with van der Waals surface area (Å²) in [4.78, 5) is 33.9. The van der Waals surface area contributed by atoms with Crippen LogP contribution >= 0.6 is 11.8 Å². The van der Waals surface area contributed by atoms with Crippen LogP contribution in [0.4, 0.5) is 27.8 Å². The Morgan fingerprint density at radius 1 is 1.17 bits per heavy atom. The van der Waals surface area contributed by atoms with Gasteiger partial charge in [0.2, 0.25) is 5.91 Å². The van der Waals surface area contributed by atoms with E-state index in [2.05, 4.69) is 11.6 Å². The highest BCUT2D eigenvalue weighted by molar-refractivity contribution is 7.99. The second-order valence-corrected chi connectivity index (χ2v) is 12.3. The van der Waals surface area contributed by atoms with Crippen LogP contribution in [0, 0.1) is 17.0 Å². The first kappa shape index (κ1) is 28.7. The van der Waals surface area contributed by atoms with Crippen molar-refractivity contribution in [2.75, 3.05) is 37.0 Å². The molecule has 1 amide bonds. The van der Waals surface area contributed by atoms with Gasteiger partial charge in [-0.1, -0.05) is 6.58 Å². The zero-order valence-electron chi connectivity index (χ0n) is 22.8. The minimum absolute atomic E-state index is 0.0654. The van der Waals surface area contributed by atoms with E-state index in [1.54, 1.807) is 23.6 Å². The number of hydrogen-bond donors (Lipinski definition) is 0. The van der Waals surface area contributed by atoms with E-state index < -0.39 is 51.6 Å². The molecule has 42 heavy (non-hydrogen) atoms. The third-order valence-corrected chi connectivity index (χ3v) is 9.70. The largest absolute Gasteiger partial charge is 0.417 e. The van der Waals surface area contributed by atoms with Crippen molar-refractivity contribution < 1.29 is 31.5 Å². The van der Waals surface area contributed by atoms with Gasteiger partial charge in [-0.3, -0.25) is 9.36 Å². The fourth-order valence-electron chi connectivity index (χ4n) is 6.10. The van der Waals surface area contributed by atoms with E-state index in [9.17, 15) is 27.2 Å². The van der Waals surface area contributed by atoms with E-state index in [0.717, 1.165) is 30.0 Å². The van der Waals surface area contributed by atoms with Crippen molar-refractivity contribution in [2.45, 2.75) is 43.5 Å². The molecule has 6 rings (SSSR count). The summed E-state index contributed by atoms with van der Waals surface area (Å²) in [6.07, 6.45) is -3.71. The van der Waals surface area contributed by atoms with Gasteiger partial charge in [0, 0.05) is 70.4 Å². The summed E-state index contributed by atoms with van der Waals surface area (Å²) in [5.41, 5.74) is -2.91. The Morgan fingerprint density at radius 3 is 2.52 bits per heavy atom. The molecule has 222 valence electrons. The maximum atomic E-state index is 15.2. The molecule has 3 aliphatic rings. The molecule has 13 heteroatoms. The average molecular weight is 607 g/mol. The molecule has 2 fully saturated rings. The number of hydrogen-bond acceptors (Lipinski definition) is 6. The van der Waals surface area contributed by atoms with Gasteiger partial charge in [-0.15, -0.1) is 11.8 Å².